The summed E-state index contributed by atoms with van der Waals surface area (Å²) in [5, 5.41) is 5.40. The summed E-state index contributed by atoms with van der Waals surface area (Å²) < 4.78 is 40.9. The van der Waals surface area contributed by atoms with E-state index in [1.807, 2.05) is 6.92 Å². The predicted molar refractivity (Wildman–Crippen MR) is 104 cm³/mol. The molecule has 9 heteroatoms. The lowest BCUT2D eigenvalue weighted by atomic mass is 10.1. The Morgan fingerprint density at radius 2 is 1.86 bits per heavy atom. The average molecular weight is 424 g/mol. The van der Waals surface area contributed by atoms with Gasteiger partial charge in [0.2, 0.25) is 5.91 Å². The van der Waals surface area contributed by atoms with E-state index in [4.69, 9.17) is 0 Å². The molecular formula is C20H19F3N2O3S. The molecule has 2 aromatic rings. The Bertz CT molecular complexity index is 901. The molecule has 1 heterocycles. The molecule has 0 fully saturated rings. The van der Waals surface area contributed by atoms with Crippen molar-refractivity contribution in [3.63, 3.8) is 0 Å². The Kier molecular flexibility index (Phi) is 6.49. The molecule has 0 spiro atoms. The van der Waals surface area contributed by atoms with Crippen LogP contribution in [0.15, 0.2) is 47.4 Å². The molecule has 2 amide bonds. The van der Waals surface area contributed by atoms with Crippen molar-refractivity contribution in [1.82, 2.24) is 5.32 Å². The van der Waals surface area contributed by atoms with Gasteiger partial charge >= 0.3 is 6.18 Å². The van der Waals surface area contributed by atoms with Crippen LogP contribution < -0.4 is 10.6 Å². The monoisotopic (exact) mass is 424 g/mol. The molecule has 1 aliphatic rings. The normalized spacial score (nSPS) is 16.1. The summed E-state index contributed by atoms with van der Waals surface area (Å²) in [7, 11) is 0. The minimum Gasteiger partial charge on any atom is -0.367 e. The van der Waals surface area contributed by atoms with Crippen LogP contribution in [0, 0.1) is 0 Å². The number of fused-ring (bicyclic) bond motifs is 1. The summed E-state index contributed by atoms with van der Waals surface area (Å²) in [6.45, 7) is 0.655. The lowest BCUT2D eigenvalue weighted by Gasteiger charge is -2.21. The summed E-state index contributed by atoms with van der Waals surface area (Å²) in [6, 6.07) is 11.9. The zero-order valence-electron chi connectivity index (χ0n) is 15.5. The van der Waals surface area contributed by atoms with Crippen LogP contribution in [0.5, 0.6) is 0 Å². The van der Waals surface area contributed by atoms with Crippen LogP contribution in [-0.4, -0.2) is 29.8 Å². The van der Waals surface area contributed by atoms with E-state index in [1.54, 1.807) is 42.5 Å². The van der Waals surface area contributed by atoms with Gasteiger partial charge < -0.3 is 15.4 Å². The van der Waals surface area contributed by atoms with Crippen molar-refractivity contribution in [1.29, 1.82) is 0 Å². The number of nitrogens with one attached hydrogen (secondary N) is 2. The minimum absolute atomic E-state index is 0.0978. The van der Waals surface area contributed by atoms with Crippen molar-refractivity contribution in [3.05, 3.63) is 59.2 Å². The van der Waals surface area contributed by atoms with Gasteiger partial charge in [-0.2, -0.15) is 13.2 Å². The summed E-state index contributed by atoms with van der Waals surface area (Å²) in [6.07, 6.45) is -4.35. The molecule has 5 nitrogen and oxygen atoms in total. The fraction of sp³-hybridized carbons (Fsp3) is 0.300. The Morgan fingerprint density at radius 1 is 1.17 bits per heavy atom. The molecule has 0 aromatic heterocycles. The number of anilines is 1. The fourth-order valence-corrected chi connectivity index (χ4v) is 3.60. The van der Waals surface area contributed by atoms with Crippen LogP contribution in [0.25, 0.3) is 0 Å². The van der Waals surface area contributed by atoms with Crippen LogP contribution in [-0.2, 0) is 22.7 Å². The first-order chi connectivity index (χ1) is 13.7. The summed E-state index contributed by atoms with van der Waals surface area (Å²) >= 11 is 1.44. The van der Waals surface area contributed by atoms with Gasteiger partial charge in [0.25, 0.3) is 5.91 Å². The molecule has 2 aromatic carbocycles. The number of ether oxygens (including phenoxy) is 1. The van der Waals surface area contributed by atoms with Gasteiger partial charge in [0, 0.05) is 17.0 Å². The molecule has 1 aliphatic heterocycles. The number of alkyl halides is 3. The summed E-state index contributed by atoms with van der Waals surface area (Å²) in [4.78, 5) is 25.1. The number of rotatable bonds is 6. The van der Waals surface area contributed by atoms with E-state index in [-0.39, 0.29) is 30.2 Å². The third-order valence-electron chi connectivity index (χ3n) is 4.18. The van der Waals surface area contributed by atoms with Gasteiger partial charge in [-0.25, -0.2) is 0 Å². The Labute approximate surface area is 170 Å². The zero-order valence-corrected chi connectivity index (χ0v) is 16.3. The zero-order chi connectivity index (χ0) is 21.0. The predicted octanol–water partition coefficient (Wildman–Crippen LogP) is 4.13. The van der Waals surface area contributed by atoms with Crippen molar-refractivity contribution in [2.45, 2.75) is 36.4 Å². The highest BCUT2D eigenvalue weighted by atomic mass is 32.2. The number of carbonyl (C=O) groups is 2. The van der Waals surface area contributed by atoms with E-state index < -0.39 is 12.8 Å². The highest BCUT2D eigenvalue weighted by molar-refractivity contribution is 8.00. The van der Waals surface area contributed by atoms with Crippen molar-refractivity contribution < 1.29 is 27.5 Å². The topological polar surface area (TPSA) is 67.4 Å². The van der Waals surface area contributed by atoms with Crippen LogP contribution in [0.2, 0.25) is 0 Å². The number of halogens is 3. The van der Waals surface area contributed by atoms with E-state index >= 15 is 0 Å². The fourth-order valence-electron chi connectivity index (χ4n) is 2.67. The molecule has 0 aliphatic carbocycles. The number of thioether (sulfide) groups is 1. The number of carbonyl (C=O) groups excluding carboxylic acids is 2. The van der Waals surface area contributed by atoms with E-state index in [9.17, 15) is 22.8 Å². The van der Waals surface area contributed by atoms with E-state index in [0.717, 1.165) is 10.5 Å². The minimum atomic E-state index is -4.35. The Morgan fingerprint density at radius 3 is 2.55 bits per heavy atom. The van der Waals surface area contributed by atoms with Gasteiger partial charge in [0.05, 0.1) is 17.5 Å². The molecule has 3 rings (SSSR count). The third kappa shape index (κ3) is 5.98. The second kappa shape index (κ2) is 8.87. The highest BCUT2D eigenvalue weighted by Gasteiger charge is 2.27. The molecule has 0 saturated carbocycles. The lowest BCUT2D eigenvalue weighted by Crippen LogP contribution is -2.27. The molecule has 0 bridgehead atoms. The standard InChI is InChI=1S/C20H19F3N2O3S/c1-12-18(26)25-16-8-15(6-7-17(16)29-12)19(27)24-9-13-2-4-14(5-3-13)10-28-11-20(21,22)23/h2-8,12H,9-11H2,1H3,(H,24,27)(H,25,26). The smallest absolute Gasteiger partial charge is 0.367 e. The van der Waals surface area contributed by atoms with Crippen molar-refractivity contribution >= 4 is 29.3 Å². The molecule has 0 radical (unpaired) electrons. The SMILES string of the molecule is CC1Sc2ccc(C(=O)NCc3ccc(COCC(F)(F)F)cc3)cc2NC1=O. The maximum absolute atomic E-state index is 12.4. The van der Waals surface area contributed by atoms with Gasteiger partial charge in [0.1, 0.15) is 6.61 Å². The molecular weight excluding hydrogens is 405 g/mol. The maximum atomic E-state index is 12.4. The molecule has 1 atom stereocenters. The molecule has 154 valence electrons. The van der Waals surface area contributed by atoms with Crippen LogP contribution in [0.4, 0.5) is 18.9 Å². The lowest BCUT2D eigenvalue weighted by molar-refractivity contribution is -0.176. The summed E-state index contributed by atoms with van der Waals surface area (Å²) in [5.41, 5.74) is 2.46. The van der Waals surface area contributed by atoms with Gasteiger partial charge in [-0.15, -0.1) is 11.8 Å². The molecule has 1 unspecified atom stereocenters. The molecule has 2 N–H and O–H groups in total. The van der Waals surface area contributed by atoms with Crippen LogP contribution in [0.1, 0.15) is 28.4 Å². The first kappa shape index (κ1) is 21.2. The number of benzene rings is 2. The van der Waals surface area contributed by atoms with E-state index in [2.05, 4.69) is 15.4 Å². The first-order valence-electron chi connectivity index (χ1n) is 8.83. The quantitative estimate of drug-likeness (QED) is 0.732. The van der Waals surface area contributed by atoms with Gasteiger partial charge in [-0.1, -0.05) is 24.3 Å². The second-order valence-electron chi connectivity index (χ2n) is 6.57. The Balaban J connectivity index is 1.53. The first-order valence-corrected chi connectivity index (χ1v) is 9.71. The van der Waals surface area contributed by atoms with Gasteiger partial charge in [-0.3, -0.25) is 9.59 Å². The van der Waals surface area contributed by atoms with Crippen molar-refractivity contribution in [2.75, 3.05) is 11.9 Å². The van der Waals surface area contributed by atoms with E-state index in [1.165, 1.54) is 11.8 Å². The highest BCUT2D eigenvalue weighted by Crippen LogP contribution is 2.35. The molecule has 0 saturated heterocycles. The third-order valence-corrected chi connectivity index (χ3v) is 5.36. The van der Waals surface area contributed by atoms with Gasteiger partial charge in [-0.05, 0) is 36.2 Å². The Hall–Kier alpha value is -2.52. The molecule has 29 heavy (non-hydrogen) atoms. The van der Waals surface area contributed by atoms with Crippen LogP contribution in [0.3, 0.4) is 0 Å². The largest absolute Gasteiger partial charge is 0.411 e. The summed E-state index contributed by atoms with van der Waals surface area (Å²) in [5.74, 6) is -0.386. The number of hydrogen-bond donors (Lipinski definition) is 2. The van der Waals surface area contributed by atoms with Crippen molar-refractivity contribution in [2.24, 2.45) is 0 Å². The van der Waals surface area contributed by atoms with Gasteiger partial charge in [0.15, 0.2) is 0 Å². The average Bonchev–Trinajstić information content (AvgIpc) is 2.66. The van der Waals surface area contributed by atoms with Crippen LogP contribution >= 0.6 is 11.8 Å². The maximum Gasteiger partial charge on any atom is 0.411 e. The van der Waals surface area contributed by atoms with E-state index in [0.29, 0.717) is 16.8 Å². The van der Waals surface area contributed by atoms with Crippen molar-refractivity contribution in [3.8, 4) is 0 Å². The number of amides is 2. The second-order valence-corrected chi connectivity index (χ2v) is 7.95. The number of hydrogen-bond acceptors (Lipinski definition) is 4.